The first-order valence-corrected chi connectivity index (χ1v) is 10.4. The molecule has 2 rings (SSSR count). The van der Waals surface area contributed by atoms with E-state index in [0.717, 1.165) is 57.5 Å². The Balaban J connectivity index is 0.00000338. The third kappa shape index (κ3) is 7.15. The van der Waals surface area contributed by atoms with Gasteiger partial charge in [-0.15, -0.1) is 24.0 Å². The van der Waals surface area contributed by atoms with Crippen LogP contribution >= 0.6 is 24.0 Å². The maximum absolute atomic E-state index is 5.78. The first-order chi connectivity index (χ1) is 12.0. The van der Waals surface area contributed by atoms with Crippen LogP contribution < -0.4 is 5.32 Å². The molecular weight excluding hydrogens is 439 g/mol. The highest BCUT2D eigenvalue weighted by atomic mass is 127. The van der Waals surface area contributed by atoms with Crippen molar-refractivity contribution in [2.45, 2.75) is 71.9 Å². The van der Waals surface area contributed by atoms with Crippen LogP contribution in [0.1, 0.15) is 60.3 Å². The molecule has 0 aromatic rings. The maximum Gasteiger partial charge on any atom is 0.193 e. The molecule has 0 radical (unpaired) electrons. The van der Waals surface area contributed by atoms with E-state index < -0.39 is 0 Å². The number of aliphatic imine (C=N–C) groups is 1. The van der Waals surface area contributed by atoms with Crippen molar-refractivity contribution in [2.75, 3.05) is 45.9 Å². The first kappa shape index (κ1) is 24.0. The van der Waals surface area contributed by atoms with Crippen molar-refractivity contribution < 1.29 is 4.74 Å². The quantitative estimate of drug-likeness (QED) is 0.359. The first-order valence-electron chi connectivity index (χ1n) is 10.4. The van der Waals surface area contributed by atoms with E-state index in [1.54, 1.807) is 0 Å². The molecule has 2 heterocycles. The number of nitrogens with zero attached hydrogens (tertiary/aromatic N) is 3. The van der Waals surface area contributed by atoms with Crippen LogP contribution in [0.4, 0.5) is 0 Å². The summed E-state index contributed by atoms with van der Waals surface area (Å²) in [5.74, 6) is 1.89. The van der Waals surface area contributed by atoms with Gasteiger partial charge in [-0.05, 0) is 65.8 Å². The van der Waals surface area contributed by atoms with Crippen LogP contribution in [0.3, 0.4) is 0 Å². The molecule has 2 fully saturated rings. The van der Waals surface area contributed by atoms with E-state index in [1.165, 1.54) is 25.9 Å². The van der Waals surface area contributed by atoms with Gasteiger partial charge >= 0.3 is 0 Å². The molecule has 26 heavy (non-hydrogen) atoms. The zero-order valence-corrected chi connectivity index (χ0v) is 19.9. The Kier molecular flexibility index (Phi) is 10.8. The number of hydrogen-bond donors (Lipinski definition) is 1. The average Bonchev–Trinajstić information content (AvgIpc) is 2.60. The van der Waals surface area contributed by atoms with E-state index in [-0.39, 0.29) is 29.5 Å². The highest BCUT2D eigenvalue weighted by Gasteiger charge is 2.30. The predicted molar refractivity (Wildman–Crippen MR) is 122 cm³/mol. The number of ether oxygens (including phenoxy) is 1. The fraction of sp³-hybridized carbons (Fsp3) is 0.950. The second kappa shape index (κ2) is 11.7. The molecule has 1 N–H and O–H groups in total. The minimum Gasteiger partial charge on any atom is -0.378 e. The van der Waals surface area contributed by atoms with Gasteiger partial charge in [0.25, 0.3) is 0 Å². The lowest BCUT2D eigenvalue weighted by Crippen LogP contribution is -2.52. The molecule has 1 atom stereocenters. The molecule has 2 aliphatic rings. The van der Waals surface area contributed by atoms with Crippen molar-refractivity contribution >= 4 is 29.9 Å². The van der Waals surface area contributed by atoms with E-state index in [2.05, 4.69) is 49.7 Å². The Morgan fingerprint density at radius 2 is 1.85 bits per heavy atom. The molecule has 0 saturated carbocycles. The summed E-state index contributed by atoms with van der Waals surface area (Å²) >= 11 is 0. The van der Waals surface area contributed by atoms with Gasteiger partial charge in [0.1, 0.15) is 0 Å². The highest BCUT2D eigenvalue weighted by Crippen LogP contribution is 2.24. The van der Waals surface area contributed by atoms with Crippen LogP contribution in [-0.4, -0.2) is 73.3 Å². The standard InChI is InChI=1S/C20H40N4O.HI/c1-6-21-19(23-13-10-18(11-14-23)25-7-2)22-16-20(4,5)24-12-8-9-17(3)15-24;/h17-18H,6-16H2,1-5H3,(H,21,22);1H. The third-order valence-electron chi connectivity index (χ3n) is 5.61. The summed E-state index contributed by atoms with van der Waals surface area (Å²) in [6.07, 6.45) is 5.32. The van der Waals surface area contributed by atoms with Crippen molar-refractivity contribution in [1.29, 1.82) is 0 Å². The van der Waals surface area contributed by atoms with E-state index >= 15 is 0 Å². The van der Waals surface area contributed by atoms with Gasteiger partial charge in [-0.3, -0.25) is 9.89 Å². The van der Waals surface area contributed by atoms with E-state index in [0.29, 0.717) is 6.10 Å². The second-order valence-corrected chi connectivity index (χ2v) is 8.32. The summed E-state index contributed by atoms with van der Waals surface area (Å²) in [4.78, 5) is 10.1. The third-order valence-corrected chi connectivity index (χ3v) is 5.61. The van der Waals surface area contributed by atoms with Crippen LogP contribution in [0, 0.1) is 5.92 Å². The molecule has 6 heteroatoms. The van der Waals surface area contributed by atoms with Gasteiger partial charge in [0, 0.05) is 38.3 Å². The van der Waals surface area contributed by atoms with Gasteiger partial charge in [0.2, 0.25) is 0 Å². The fourth-order valence-electron chi connectivity index (χ4n) is 4.00. The number of nitrogens with one attached hydrogen (secondary N) is 1. The molecule has 0 aromatic heterocycles. The minimum absolute atomic E-state index is 0. The zero-order chi connectivity index (χ0) is 18.3. The summed E-state index contributed by atoms with van der Waals surface area (Å²) in [6, 6.07) is 0. The molecule has 0 aliphatic carbocycles. The van der Waals surface area contributed by atoms with E-state index in [1.807, 2.05) is 0 Å². The molecule has 2 aliphatic heterocycles. The van der Waals surface area contributed by atoms with E-state index in [9.17, 15) is 0 Å². The van der Waals surface area contributed by atoms with Crippen LogP contribution in [0.2, 0.25) is 0 Å². The van der Waals surface area contributed by atoms with Gasteiger partial charge in [-0.1, -0.05) is 6.92 Å². The van der Waals surface area contributed by atoms with Crippen LogP contribution in [0.15, 0.2) is 4.99 Å². The number of likely N-dealkylation sites (tertiary alicyclic amines) is 2. The topological polar surface area (TPSA) is 40.1 Å². The summed E-state index contributed by atoms with van der Waals surface area (Å²) in [6.45, 7) is 18.4. The molecular formula is C20H41IN4O. The normalized spacial score (nSPS) is 23.7. The highest BCUT2D eigenvalue weighted by molar-refractivity contribution is 14.0. The molecule has 0 amide bonds. The Bertz CT molecular complexity index is 422. The fourth-order valence-corrected chi connectivity index (χ4v) is 4.00. The van der Waals surface area contributed by atoms with Crippen molar-refractivity contribution in [3.05, 3.63) is 0 Å². The number of guanidine groups is 1. The molecule has 154 valence electrons. The van der Waals surface area contributed by atoms with Crippen molar-refractivity contribution in [3.8, 4) is 0 Å². The lowest BCUT2D eigenvalue weighted by molar-refractivity contribution is 0.0262. The summed E-state index contributed by atoms with van der Waals surface area (Å²) in [5.41, 5.74) is 0.124. The van der Waals surface area contributed by atoms with Gasteiger partial charge < -0.3 is 15.0 Å². The lowest BCUT2D eigenvalue weighted by Gasteiger charge is -2.42. The second-order valence-electron chi connectivity index (χ2n) is 8.32. The predicted octanol–water partition coefficient (Wildman–Crippen LogP) is 3.58. The van der Waals surface area contributed by atoms with Crippen molar-refractivity contribution in [2.24, 2.45) is 10.9 Å². The SMILES string of the molecule is CCNC(=NCC(C)(C)N1CCCC(C)C1)N1CCC(OCC)CC1.I. The minimum atomic E-state index is 0. The van der Waals surface area contributed by atoms with Gasteiger partial charge in [0.05, 0.1) is 12.6 Å². The van der Waals surface area contributed by atoms with Crippen LogP contribution in [-0.2, 0) is 4.74 Å². The summed E-state index contributed by atoms with van der Waals surface area (Å²) in [7, 11) is 0. The van der Waals surface area contributed by atoms with Gasteiger partial charge in [0.15, 0.2) is 5.96 Å². The Hall–Kier alpha value is -0.0800. The number of rotatable bonds is 6. The summed E-state index contributed by atoms with van der Waals surface area (Å²) < 4.78 is 5.78. The van der Waals surface area contributed by atoms with Crippen LogP contribution in [0.5, 0.6) is 0 Å². The monoisotopic (exact) mass is 480 g/mol. The smallest absolute Gasteiger partial charge is 0.193 e. The van der Waals surface area contributed by atoms with Crippen LogP contribution in [0.25, 0.3) is 0 Å². The van der Waals surface area contributed by atoms with E-state index in [4.69, 9.17) is 9.73 Å². The molecule has 2 saturated heterocycles. The molecule has 0 bridgehead atoms. The molecule has 0 aromatic carbocycles. The molecule has 1 unspecified atom stereocenters. The number of piperidine rings is 2. The number of hydrogen-bond acceptors (Lipinski definition) is 3. The Morgan fingerprint density at radius 1 is 1.15 bits per heavy atom. The van der Waals surface area contributed by atoms with Gasteiger partial charge in [-0.2, -0.15) is 0 Å². The zero-order valence-electron chi connectivity index (χ0n) is 17.6. The lowest BCUT2D eigenvalue weighted by atomic mass is 9.94. The Labute approximate surface area is 178 Å². The average molecular weight is 480 g/mol. The number of halogens is 1. The summed E-state index contributed by atoms with van der Waals surface area (Å²) in [5, 5.41) is 3.50. The largest absolute Gasteiger partial charge is 0.378 e. The van der Waals surface area contributed by atoms with Crippen molar-refractivity contribution in [1.82, 2.24) is 15.1 Å². The Morgan fingerprint density at radius 3 is 2.42 bits per heavy atom. The maximum atomic E-state index is 5.78. The molecule has 5 nitrogen and oxygen atoms in total. The van der Waals surface area contributed by atoms with Gasteiger partial charge in [-0.25, -0.2) is 0 Å². The molecule has 0 spiro atoms. The van der Waals surface area contributed by atoms with Crippen molar-refractivity contribution in [3.63, 3.8) is 0 Å².